The summed E-state index contributed by atoms with van der Waals surface area (Å²) in [6, 6.07) is 14.2. The Bertz CT molecular complexity index is 1310. The van der Waals surface area contributed by atoms with Crippen LogP contribution in [0.3, 0.4) is 0 Å². The number of amides is 5. The molecule has 12 nitrogen and oxygen atoms in total. The normalized spacial score (nSPS) is 18.5. The van der Waals surface area contributed by atoms with Crippen molar-refractivity contribution in [3.05, 3.63) is 71.8 Å². The van der Waals surface area contributed by atoms with Crippen LogP contribution in [0.2, 0.25) is 0 Å². The van der Waals surface area contributed by atoms with Crippen LogP contribution >= 0.6 is 11.6 Å². The maximum atomic E-state index is 13.6. The third kappa shape index (κ3) is 10.6. The lowest BCUT2D eigenvalue weighted by Crippen LogP contribution is -2.58. The molecule has 6 N–H and O–H groups in total. The van der Waals surface area contributed by atoms with Gasteiger partial charge in [-0.15, -0.1) is 11.6 Å². The molecule has 0 aliphatic carbocycles. The summed E-state index contributed by atoms with van der Waals surface area (Å²) in [6.45, 7) is 5.40. The lowest BCUT2D eigenvalue weighted by molar-refractivity contribution is -0.147. The van der Waals surface area contributed by atoms with Gasteiger partial charge < -0.3 is 31.1 Å². The zero-order valence-corrected chi connectivity index (χ0v) is 25.8. The number of hydrogen-bond acceptors (Lipinski definition) is 8. The van der Waals surface area contributed by atoms with E-state index in [1.54, 1.807) is 54.6 Å². The molecule has 2 aromatic carbocycles. The van der Waals surface area contributed by atoms with E-state index in [9.17, 15) is 29.1 Å². The molecule has 0 radical (unpaired) electrons. The number of alkyl carbamates (subject to hydrolysis) is 1. The number of rotatable bonds is 11. The first-order valence-corrected chi connectivity index (χ1v) is 14.7. The lowest BCUT2D eigenvalue weighted by atomic mass is 9.99. The average molecular weight is 630 g/mol. The largest absolute Gasteiger partial charge is 0.444 e. The molecule has 0 saturated carbocycles. The molecule has 1 aliphatic rings. The van der Waals surface area contributed by atoms with E-state index in [1.165, 1.54) is 4.90 Å². The van der Waals surface area contributed by atoms with E-state index in [4.69, 9.17) is 22.1 Å². The van der Waals surface area contributed by atoms with Crippen LogP contribution in [0.5, 0.6) is 0 Å². The Morgan fingerprint density at radius 2 is 1.61 bits per heavy atom. The van der Waals surface area contributed by atoms with Crippen molar-refractivity contribution in [2.24, 2.45) is 5.73 Å². The van der Waals surface area contributed by atoms with Gasteiger partial charge in [-0.1, -0.05) is 60.7 Å². The zero-order chi connectivity index (χ0) is 32.4. The maximum Gasteiger partial charge on any atom is 0.414 e. The maximum absolute atomic E-state index is 13.6. The minimum atomic E-state index is -1.76. The summed E-state index contributed by atoms with van der Waals surface area (Å²) in [5.74, 6) is -2.86. The fourth-order valence-electron chi connectivity index (χ4n) is 4.69. The molecule has 5 atom stereocenters. The summed E-state index contributed by atoms with van der Waals surface area (Å²) in [4.78, 5) is 65.2. The summed E-state index contributed by atoms with van der Waals surface area (Å²) in [7, 11) is 0. The SMILES string of the molecule is CC(C)(C)NC(=O)[C@@H]1C[C@@H](Cl)CN1C(=O)[C@@H](O)[C@H](Cc1ccccc1)NC(=O)[C@@H](N)CC(=O)NC(=O)OCc1ccccc1. The molecule has 13 heteroatoms. The molecule has 3 rings (SSSR count). The number of nitrogens with two attached hydrogens (primary N) is 1. The molecule has 0 aromatic heterocycles. The van der Waals surface area contributed by atoms with E-state index in [-0.39, 0.29) is 26.0 Å². The summed E-state index contributed by atoms with van der Waals surface area (Å²) in [5.41, 5.74) is 6.84. The Labute approximate surface area is 261 Å². The highest BCUT2D eigenvalue weighted by Crippen LogP contribution is 2.25. The topological polar surface area (TPSA) is 180 Å². The van der Waals surface area contributed by atoms with Gasteiger partial charge in [0.2, 0.25) is 17.7 Å². The minimum Gasteiger partial charge on any atom is -0.444 e. The molecule has 5 amide bonds. The number of ether oxygens (including phenoxy) is 1. The predicted molar refractivity (Wildman–Crippen MR) is 163 cm³/mol. The van der Waals surface area contributed by atoms with Gasteiger partial charge in [-0.05, 0) is 44.7 Å². The van der Waals surface area contributed by atoms with E-state index in [1.807, 2.05) is 32.2 Å². The monoisotopic (exact) mass is 629 g/mol. The molecular weight excluding hydrogens is 590 g/mol. The second-order valence-corrected chi connectivity index (χ2v) is 12.4. The minimum absolute atomic E-state index is 0.0335. The number of nitrogens with one attached hydrogen (secondary N) is 3. The molecule has 0 bridgehead atoms. The molecule has 1 aliphatic heterocycles. The highest BCUT2D eigenvalue weighted by atomic mass is 35.5. The van der Waals surface area contributed by atoms with Crippen molar-refractivity contribution < 1.29 is 33.8 Å². The van der Waals surface area contributed by atoms with Gasteiger partial charge in [0.25, 0.3) is 5.91 Å². The lowest BCUT2D eigenvalue weighted by Gasteiger charge is -2.32. The number of nitrogens with zero attached hydrogens (tertiary/aromatic N) is 1. The van der Waals surface area contributed by atoms with E-state index >= 15 is 0 Å². The van der Waals surface area contributed by atoms with Gasteiger partial charge in [0.15, 0.2) is 6.10 Å². The number of halogens is 1. The first-order chi connectivity index (χ1) is 20.7. The molecule has 1 heterocycles. The number of likely N-dealkylation sites (tertiary alicyclic amines) is 1. The van der Waals surface area contributed by atoms with Crippen molar-refractivity contribution in [3.8, 4) is 0 Å². The highest BCUT2D eigenvalue weighted by Gasteiger charge is 2.43. The quantitative estimate of drug-likeness (QED) is 0.231. The molecule has 2 aromatic rings. The van der Waals surface area contributed by atoms with Crippen LogP contribution < -0.4 is 21.7 Å². The molecule has 238 valence electrons. The third-order valence-electron chi connectivity index (χ3n) is 6.79. The molecule has 44 heavy (non-hydrogen) atoms. The first kappa shape index (κ1) is 34.5. The summed E-state index contributed by atoms with van der Waals surface area (Å²) in [6.07, 6.45) is -3.08. The number of aliphatic hydroxyl groups is 1. The number of carbonyl (C=O) groups is 5. The Kier molecular flexibility index (Phi) is 12.3. The van der Waals surface area contributed by atoms with Crippen molar-refractivity contribution in [1.29, 1.82) is 0 Å². The number of alkyl halides is 1. The summed E-state index contributed by atoms with van der Waals surface area (Å²) in [5, 5.41) is 18.2. The van der Waals surface area contributed by atoms with Crippen LogP contribution in [-0.4, -0.2) is 81.4 Å². The number of benzene rings is 2. The predicted octanol–water partition coefficient (Wildman–Crippen LogP) is 1.37. The van der Waals surface area contributed by atoms with Crippen LogP contribution in [-0.2, 0) is 36.9 Å². The molecular formula is C31H40ClN5O7. The van der Waals surface area contributed by atoms with Gasteiger partial charge in [0, 0.05) is 12.1 Å². The number of imide groups is 1. The van der Waals surface area contributed by atoms with Gasteiger partial charge >= 0.3 is 6.09 Å². The number of carbonyl (C=O) groups excluding carboxylic acids is 5. The van der Waals surface area contributed by atoms with Crippen LogP contribution in [0, 0.1) is 0 Å². The molecule has 0 unspecified atom stereocenters. The van der Waals surface area contributed by atoms with Crippen molar-refractivity contribution in [3.63, 3.8) is 0 Å². The van der Waals surface area contributed by atoms with Crippen molar-refractivity contribution in [2.45, 2.75) is 81.8 Å². The van der Waals surface area contributed by atoms with Crippen LogP contribution in [0.15, 0.2) is 60.7 Å². The Morgan fingerprint density at radius 1 is 1.02 bits per heavy atom. The fourth-order valence-corrected chi connectivity index (χ4v) is 5.01. The van der Waals surface area contributed by atoms with E-state index < -0.39 is 71.3 Å². The second kappa shape index (κ2) is 15.6. The Balaban J connectivity index is 1.65. The van der Waals surface area contributed by atoms with Crippen LogP contribution in [0.25, 0.3) is 0 Å². The Hall–Kier alpha value is -4.00. The smallest absolute Gasteiger partial charge is 0.414 e. The molecule has 0 spiro atoms. The highest BCUT2D eigenvalue weighted by molar-refractivity contribution is 6.21. The van der Waals surface area contributed by atoms with Crippen molar-refractivity contribution in [2.75, 3.05) is 6.54 Å². The van der Waals surface area contributed by atoms with Crippen LogP contribution in [0.4, 0.5) is 4.79 Å². The van der Waals surface area contributed by atoms with E-state index in [0.717, 1.165) is 5.56 Å². The average Bonchev–Trinajstić information content (AvgIpc) is 3.36. The molecule has 1 saturated heterocycles. The van der Waals surface area contributed by atoms with Gasteiger partial charge in [-0.2, -0.15) is 0 Å². The van der Waals surface area contributed by atoms with Crippen molar-refractivity contribution in [1.82, 2.24) is 20.9 Å². The van der Waals surface area contributed by atoms with Gasteiger partial charge in [-0.25, -0.2) is 4.79 Å². The van der Waals surface area contributed by atoms with Gasteiger partial charge in [0.1, 0.15) is 12.6 Å². The third-order valence-corrected chi connectivity index (χ3v) is 7.11. The first-order valence-electron chi connectivity index (χ1n) is 14.3. The summed E-state index contributed by atoms with van der Waals surface area (Å²) < 4.78 is 5.01. The van der Waals surface area contributed by atoms with Gasteiger partial charge in [0.05, 0.1) is 23.9 Å². The number of hydrogen-bond donors (Lipinski definition) is 5. The Morgan fingerprint density at radius 3 is 2.20 bits per heavy atom. The number of aliphatic hydroxyl groups excluding tert-OH is 1. The van der Waals surface area contributed by atoms with Crippen LogP contribution in [0.1, 0.15) is 44.7 Å². The summed E-state index contributed by atoms with van der Waals surface area (Å²) >= 11 is 6.32. The second-order valence-electron chi connectivity index (χ2n) is 11.7. The van der Waals surface area contributed by atoms with E-state index in [2.05, 4.69) is 10.6 Å². The zero-order valence-electron chi connectivity index (χ0n) is 25.0. The van der Waals surface area contributed by atoms with Gasteiger partial charge in [-0.3, -0.25) is 24.5 Å². The standard InChI is InChI=1S/C31H40ClN5O7/c1-31(2,3)36-28(41)24-15-21(32)17-37(24)29(42)26(39)23(14-19-10-6-4-7-11-19)34-27(40)22(33)16-25(38)35-30(43)44-18-20-12-8-5-9-13-20/h4-13,21-24,26,39H,14-18,33H2,1-3H3,(H,34,40)(H,36,41)(H,35,38,43)/t21-,22+,23+,24+,26+/m1/s1. The molecule has 1 fully saturated rings. The van der Waals surface area contributed by atoms with Crippen molar-refractivity contribution >= 4 is 41.3 Å². The van der Waals surface area contributed by atoms with E-state index in [0.29, 0.717) is 5.56 Å². The fraction of sp³-hybridized carbons (Fsp3) is 0.452.